The van der Waals surface area contributed by atoms with E-state index in [1.807, 2.05) is 0 Å². The van der Waals surface area contributed by atoms with Crippen LogP contribution in [0.25, 0.3) is 0 Å². The number of amides is 2. The quantitative estimate of drug-likeness (QED) is 0.762. The molecule has 2 rings (SSSR count). The lowest BCUT2D eigenvalue weighted by atomic mass is 10.1. The van der Waals surface area contributed by atoms with Gasteiger partial charge in [-0.05, 0) is 17.7 Å². The lowest BCUT2D eigenvalue weighted by molar-refractivity contribution is -0.140. The number of hydrogen-bond acceptors (Lipinski definition) is 1. The van der Waals surface area contributed by atoms with Crippen LogP contribution in [0.1, 0.15) is 11.1 Å². The van der Waals surface area contributed by atoms with Gasteiger partial charge in [0.25, 0.3) is 0 Å². The first kappa shape index (κ1) is 13.6. The summed E-state index contributed by atoms with van der Waals surface area (Å²) >= 11 is 0. The molecular formula is C12H12F4N2O. The maximum Gasteiger partial charge on any atom is 0.419 e. The maximum absolute atomic E-state index is 13.1. The highest BCUT2D eigenvalue weighted by atomic mass is 19.4. The largest absolute Gasteiger partial charge is 0.419 e. The number of urea groups is 1. The van der Waals surface area contributed by atoms with Crippen LogP contribution in [0.2, 0.25) is 0 Å². The summed E-state index contributed by atoms with van der Waals surface area (Å²) in [5.41, 5.74) is -1.04. The summed E-state index contributed by atoms with van der Waals surface area (Å²) in [6.45, 7) is 1.03. The molecule has 1 aromatic rings. The summed E-state index contributed by atoms with van der Waals surface area (Å²) < 4.78 is 50.8. The van der Waals surface area contributed by atoms with Crippen molar-refractivity contribution < 1.29 is 22.4 Å². The molecule has 104 valence electrons. The average Bonchev–Trinajstić information content (AvgIpc) is 2.62. The third-order valence-electron chi connectivity index (χ3n) is 3.01. The third-order valence-corrected chi connectivity index (χ3v) is 3.01. The maximum atomic E-state index is 13.1. The summed E-state index contributed by atoms with van der Waals surface area (Å²) in [5.74, 6) is -1.30. The smallest absolute Gasteiger partial charge is 0.326 e. The summed E-state index contributed by atoms with van der Waals surface area (Å²) in [4.78, 5) is 14.5. The first-order valence-electron chi connectivity index (χ1n) is 5.64. The summed E-state index contributed by atoms with van der Waals surface area (Å²) in [6, 6.07) is 2.55. The first-order chi connectivity index (χ1) is 8.79. The van der Waals surface area contributed by atoms with Crippen LogP contribution < -0.4 is 0 Å². The Balaban J connectivity index is 2.21. The van der Waals surface area contributed by atoms with Gasteiger partial charge in [0.2, 0.25) is 0 Å². The van der Waals surface area contributed by atoms with E-state index in [0.29, 0.717) is 13.1 Å². The molecule has 7 heteroatoms. The van der Waals surface area contributed by atoms with Gasteiger partial charge in [0.1, 0.15) is 5.82 Å². The second-order valence-electron chi connectivity index (χ2n) is 4.44. The monoisotopic (exact) mass is 276 g/mol. The number of nitrogens with zero attached hydrogens (tertiary/aromatic N) is 2. The average molecular weight is 276 g/mol. The predicted molar refractivity (Wildman–Crippen MR) is 59.8 cm³/mol. The molecule has 0 aromatic heterocycles. The van der Waals surface area contributed by atoms with Gasteiger partial charge < -0.3 is 9.80 Å². The van der Waals surface area contributed by atoms with Crippen LogP contribution in [0.3, 0.4) is 0 Å². The molecule has 0 aliphatic carbocycles. The van der Waals surface area contributed by atoms with Crippen LogP contribution in [0.4, 0.5) is 22.4 Å². The molecule has 0 spiro atoms. The van der Waals surface area contributed by atoms with E-state index in [1.54, 1.807) is 7.05 Å². The Kier molecular flexibility index (Phi) is 3.38. The zero-order valence-corrected chi connectivity index (χ0v) is 10.2. The minimum absolute atomic E-state index is 0.0481. The van der Waals surface area contributed by atoms with Crippen LogP contribution >= 0.6 is 0 Å². The molecule has 0 atom stereocenters. The predicted octanol–water partition coefficient (Wildman–Crippen LogP) is 2.71. The normalized spacial score (nSPS) is 16.4. The molecule has 2 amide bonds. The van der Waals surface area contributed by atoms with Crippen molar-refractivity contribution in [2.45, 2.75) is 12.7 Å². The molecule has 1 heterocycles. The van der Waals surface area contributed by atoms with Crippen molar-refractivity contribution in [3.8, 4) is 0 Å². The Morgan fingerprint density at radius 2 is 1.95 bits per heavy atom. The number of carbonyl (C=O) groups excluding carboxylic acids is 1. The number of hydrogen-bond donors (Lipinski definition) is 0. The molecule has 0 radical (unpaired) electrons. The number of alkyl halides is 3. The molecule has 3 nitrogen and oxygen atoms in total. The van der Waals surface area contributed by atoms with E-state index in [9.17, 15) is 22.4 Å². The zero-order valence-electron chi connectivity index (χ0n) is 10.2. The number of halogens is 4. The molecule has 1 fully saturated rings. The minimum Gasteiger partial charge on any atom is -0.326 e. The van der Waals surface area contributed by atoms with Gasteiger partial charge in [0.15, 0.2) is 0 Å². The lowest BCUT2D eigenvalue weighted by Crippen LogP contribution is -2.29. The van der Waals surface area contributed by atoms with Gasteiger partial charge >= 0.3 is 12.2 Å². The molecule has 1 saturated heterocycles. The van der Waals surface area contributed by atoms with E-state index in [0.717, 1.165) is 12.1 Å². The molecule has 0 saturated carbocycles. The molecule has 1 aliphatic heterocycles. The van der Waals surface area contributed by atoms with Gasteiger partial charge in [-0.3, -0.25) is 0 Å². The van der Waals surface area contributed by atoms with Crippen LogP contribution in [0, 0.1) is 5.82 Å². The Bertz CT molecular complexity index is 501. The molecule has 0 N–H and O–H groups in total. The van der Waals surface area contributed by atoms with E-state index in [-0.39, 0.29) is 18.1 Å². The van der Waals surface area contributed by atoms with E-state index in [2.05, 4.69) is 0 Å². The molecule has 0 bridgehead atoms. The molecule has 1 aromatic carbocycles. The highest BCUT2D eigenvalue weighted by Crippen LogP contribution is 2.32. The highest BCUT2D eigenvalue weighted by molar-refractivity contribution is 5.76. The van der Waals surface area contributed by atoms with Crippen LogP contribution in [-0.2, 0) is 12.7 Å². The van der Waals surface area contributed by atoms with Crippen molar-refractivity contribution >= 4 is 6.03 Å². The van der Waals surface area contributed by atoms with Crippen LogP contribution in [-0.4, -0.2) is 36.0 Å². The van der Waals surface area contributed by atoms with Crippen molar-refractivity contribution in [3.63, 3.8) is 0 Å². The van der Waals surface area contributed by atoms with Gasteiger partial charge in [0.05, 0.1) is 5.56 Å². The summed E-state index contributed by atoms with van der Waals surface area (Å²) in [5, 5.41) is 0. The van der Waals surface area contributed by atoms with Gasteiger partial charge in [0, 0.05) is 26.7 Å². The van der Waals surface area contributed by atoms with Crippen molar-refractivity contribution in [1.82, 2.24) is 9.80 Å². The third kappa shape index (κ3) is 2.80. The molecular weight excluding hydrogens is 264 g/mol. The van der Waals surface area contributed by atoms with Crippen LogP contribution in [0.5, 0.6) is 0 Å². The van der Waals surface area contributed by atoms with Crippen molar-refractivity contribution in [2.75, 3.05) is 20.1 Å². The minimum atomic E-state index is -4.73. The summed E-state index contributed by atoms with van der Waals surface area (Å²) in [6.07, 6.45) is -4.73. The first-order valence-corrected chi connectivity index (χ1v) is 5.64. The van der Waals surface area contributed by atoms with Crippen LogP contribution in [0.15, 0.2) is 18.2 Å². The second kappa shape index (κ2) is 4.71. The van der Waals surface area contributed by atoms with E-state index >= 15 is 0 Å². The molecule has 19 heavy (non-hydrogen) atoms. The fraction of sp³-hybridized carbons (Fsp3) is 0.417. The molecule has 0 unspecified atom stereocenters. The van der Waals surface area contributed by atoms with Gasteiger partial charge in [-0.15, -0.1) is 0 Å². The Morgan fingerprint density at radius 1 is 1.26 bits per heavy atom. The van der Waals surface area contributed by atoms with Gasteiger partial charge in [-0.1, -0.05) is 6.07 Å². The fourth-order valence-electron chi connectivity index (χ4n) is 1.96. The number of benzene rings is 1. The van der Waals surface area contributed by atoms with E-state index in [4.69, 9.17) is 0 Å². The SMILES string of the molecule is CN1CCN(Cc2ccc(F)c(C(F)(F)F)c2)C1=O. The topological polar surface area (TPSA) is 23.6 Å². The summed E-state index contributed by atoms with van der Waals surface area (Å²) in [7, 11) is 1.62. The second-order valence-corrected chi connectivity index (χ2v) is 4.44. The zero-order chi connectivity index (χ0) is 14.2. The van der Waals surface area contributed by atoms with Crippen molar-refractivity contribution in [1.29, 1.82) is 0 Å². The van der Waals surface area contributed by atoms with Gasteiger partial charge in [-0.2, -0.15) is 13.2 Å². The standard InChI is InChI=1S/C12H12F4N2O/c1-17-4-5-18(11(17)19)7-8-2-3-10(13)9(6-8)12(14,15)16/h2-3,6H,4-5,7H2,1H3. The molecule has 1 aliphatic rings. The Labute approximate surface area is 107 Å². The Hall–Kier alpha value is -1.79. The number of rotatable bonds is 2. The Morgan fingerprint density at radius 3 is 2.47 bits per heavy atom. The van der Waals surface area contributed by atoms with Gasteiger partial charge in [-0.25, -0.2) is 9.18 Å². The lowest BCUT2D eigenvalue weighted by Gasteiger charge is -2.17. The fourth-order valence-corrected chi connectivity index (χ4v) is 1.96. The van der Waals surface area contributed by atoms with E-state index < -0.39 is 17.6 Å². The van der Waals surface area contributed by atoms with Crippen molar-refractivity contribution in [3.05, 3.63) is 35.1 Å². The highest BCUT2D eigenvalue weighted by Gasteiger charge is 2.34. The van der Waals surface area contributed by atoms with E-state index in [1.165, 1.54) is 15.9 Å². The number of carbonyl (C=O) groups is 1. The van der Waals surface area contributed by atoms with Crippen molar-refractivity contribution in [2.24, 2.45) is 0 Å². The number of likely N-dealkylation sites (N-methyl/N-ethyl adjacent to an activating group) is 1.